The van der Waals surface area contributed by atoms with Gasteiger partial charge in [0.2, 0.25) is 5.78 Å². The van der Waals surface area contributed by atoms with Crippen LogP contribution in [0.25, 0.3) is 0 Å². The lowest BCUT2D eigenvalue weighted by molar-refractivity contribution is 0.103. The van der Waals surface area contributed by atoms with E-state index in [0.29, 0.717) is 21.8 Å². The number of ketones is 1. The molecule has 0 radical (unpaired) electrons. The number of anilines is 2. The molecule has 0 atom stereocenters. The normalized spacial score (nSPS) is 15.6. The van der Waals surface area contributed by atoms with Crippen LogP contribution in [0, 0.1) is 0 Å². The number of pyridine rings is 2. The van der Waals surface area contributed by atoms with Crippen molar-refractivity contribution in [3.05, 3.63) is 46.2 Å². The number of nitrogens with two attached hydrogens (primary N) is 1. The highest BCUT2D eigenvalue weighted by molar-refractivity contribution is 9.10. The van der Waals surface area contributed by atoms with E-state index in [-0.39, 0.29) is 11.6 Å². The third-order valence-electron chi connectivity index (χ3n) is 4.47. The predicted molar refractivity (Wildman–Crippen MR) is 103 cm³/mol. The van der Waals surface area contributed by atoms with Gasteiger partial charge < -0.3 is 10.6 Å². The third kappa shape index (κ3) is 3.99. The summed E-state index contributed by atoms with van der Waals surface area (Å²) in [6.45, 7) is 8.24. The fourth-order valence-corrected chi connectivity index (χ4v) is 3.29. The average Bonchev–Trinajstić information content (AvgIpc) is 2.63. The molecule has 0 bridgehead atoms. The Morgan fingerprint density at radius 1 is 1.24 bits per heavy atom. The Balaban J connectivity index is 1.80. The molecule has 1 aliphatic heterocycles. The van der Waals surface area contributed by atoms with Gasteiger partial charge in [0.25, 0.3) is 0 Å². The summed E-state index contributed by atoms with van der Waals surface area (Å²) in [6, 6.07) is 7.77. The third-order valence-corrected chi connectivity index (χ3v) is 4.90. The lowest BCUT2D eigenvalue weighted by atomic mass is 10.1. The Bertz CT molecular complexity index is 772. The van der Waals surface area contributed by atoms with Gasteiger partial charge in [-0.1, -0.05) is 6.07 Å². The molecule has 0 aromatic carbocycles. The van der Waals surface area contributed by atoms with Crippen molar-refractivity contribution in [2.24, 2.45) is 0 Å². The summed E-state index contributed by atoms with van der Waals surface area (Å²) >= 11 is 3.33. The minimum atomic E-state index is -0.214. The molecule has 3 rings (SSSR count). The van der Waals surface area contributed by atoms with Gasteiger partial charge in [-0.2, -0.15) is 0 Å². The number of nitrogen functional groups attached to an aromatic ring is 1. The Morgan fingerprint density at radius 3 is 2.64 bits per heavy atom. The maximum atomic E-state index is 12.8. The monoisotopic (exact) mass is 403 g/mol. The van der Waals surface area contributed by atoms with Gasteiger partial charge in [0.15, 0.2) is 0 Å². The first-order valence-corrected chi connectivity index (χ1v) is 9.17. The number of carbonyl (C=O) groups is 1. The number of carbonyl (C=O) groups excluding carboxylic acids is 1. The van der Waals surface area contributed by atoms with Crippen LogP contribution in [0.15, 0.2) is 34.9 Å². The van der Waals surface area contributed by atoms with E-state index in [1.165, 1.54) is 0 Å². The van der Waals surface area contributed by atoms with Crippen LogP contribution in [-0.4, -0.2) is 52.9 Å². The second kappa shape index (κ2) is 7.49. The van der Waals surface area contributed by atoms with Crippen molar-refractivity contribution in [2.75, 3.05) is 36.8 Å². The van der Waals surface area contributed by atoms with E-state index in [9.17, 15) is 4.79 Å². The number of nitrogens with zero attached hydrogens (tertiary/aromatic N) is 4. The van der Waals surface area contributed by atoms with Crippen LogP contribution in [0.4, 0.5) is 11.6 Å². The zero-order valence-corrected chi connectivity index (χ0v) is 16.0. The van der Waals surface area contributed by atoms with Gasteiger partial charge >= 0.3 is 0 Å². The van der Waals surface area contributed by atoms with Gasteiger partial charge in [-0.05, 0) is 48.0 Å². The highest BCUT2D eigenvalue weighted by Crippen LogP contribution is 2.21. The number of rotatable bonds is 4. The molecule has 6 nitrogen and oxygen atoms in total. The zero-order chi connectivity index (χ0) is 18.0. The highest BCUT2D eigenvalue weighted by Gasteiger charge is 2.21. The fourth-order valence-electron chi connectivity index (χ4n) is 2.96. The number of hydrogen-bond donors (Lipinski definition) is 1. The predicted octanol–water partition coefficient (Wildman–Crippen LogP) is 2.58. The number of aromatic nitrogens is 2. The zero-order valence-electron chi connectivity index (χ0n) is 14.4. The summed E-state index contributed by atoms with van der Waals surface area (Å²) in [7, 11) is 0. The smallest absolute Gasteiger partial charge is 0.215 e. The molecule has 2 aromatic rings. The van der Waals surface area contributed by atoms with E-state index in [1.807, 2.05) is 12.1 Å². The molecule has 0 unspecified atom stereocenters. The molecule has 25 heavy (non-hydrogen) atoms. The van der Waals surface area contributed by atoms with Crippen molar-refractivity contribution in [3.8, 4) is 0 Å². The molecular formula is C18H22BrN5O. The van der Waals surface area contributed by atoms with Gasteiger partial charge in [-0.25, -0.2) is 9.97 Å². The van der Waals surface area contributed by atoms with E-state index >= 15 is 0 Å². The molecule has 0 amide bonds. The van der Waals surface area contributed by atoms with E-state index in [2.05, 4.69) is 49.5 Å². The number of halogens is 1. The van der Waals surface area contributed by atoms with Crippen LogP contribution in [-0.2, 0) is 0 Å². The SMILES string of the molecule is CC(C)N1CCN(c2cccc(C(=O)c3cc(Br)cnc3N)n2)CC1. The van der Waals surface area contributed by atoms with Gasteiger partial charge in [-0.15, -0.1) is 0 Å². The van der Waals surface area contributed by atoms with Gasteiger partial charge in [0, 0.05) is 42.9 Å². The molecule has 1 aliphatic rings. The second-order valence-corrected chi connectivity index (χ2v) is 7.33. The Labute approximate surface area is 156 Å². The first-order valence-electron chi connectivity index (χ1n) is 8.37. The molecular weight excluding hydrogens is 382 g/mol. The first-order chi connectivity index (χ1) is 12.0. The summed E-state index contributed by atoms with van der Waals surface area (Å²) in [5.74, 6) is 0.829. The molecule has 3 heterocycles. The van der Waals surface area contributed by atoms with Crippen molar-refractivity contribution >= 4 is 33.3 Å². The van der Waals surface area contributed by atoms with Crippen molar-refractivity contribution in [2.45, 2.75) is 19.9 Å². The minimum absolute atomic E-state index is 0.214. The second-order valence-electron chi connectivity index (χ2n) is 6.41. The lowest BCUT2D eigenvalue weighted by Crippen LogP contribution is -2.49. The topological polar surface area (TPSA) is 75.3 Å². The van der Waals surface area contributed by atoms with Crippen LogP contribution < -0.4 is 10.6 Å². The van der Waals surface area contributed by atoms with E-state index in [0.717, 1.165) is 32.0 Å². The largest absolute Gasteiger partial charge is 0.383 e. The van der Waals surface area contributed by atoms with Crippen LogP contribution in [0.5, 0.6) is 0 Å². The molecule has 0 spiro atoms. The molecule has 132 valence electrons. The highest BCUT2D eigenvalue weighted by atomic mass is 79.9. The standard InChI is InChI=1S/C18H22BrN5O/c1-12(2)23-6-8-24(9-7-23)16-5-3-4-15(22-16)17(25)14-10-13(19)11-21-18(14)20/h3-5,10-12H,6-9H2,1-2H3,(H2,20,21). The maximum Gasteiger partial charge on any atom is 0.215 e. The van der Waals surface area contributed by atoms with Crippen molar-refractivity contribution in [1.29, 1.82) is 0 Å². The lowest BCUT2D eigenvalue weighted by Gasteiger charge is -2.37. The summed E-state index contributed by atoms with van der Waals surface area (Å²) in [5.41, 5.74) is 6.60. The molecule has 2 aromatic heterocycles. The van der Waals surface area contributed by atoms with Gasteiger partial charge in [0.1, 0.15) is 17.3 Å². The van der Waals surface area contributed by atoms with E-state index in [4.69, 9.17) is 5.73 Å². The Hall–Kier alpha value is -1.99. The van der Waals surface area contributed by atoms with E-state index in [1.54, 1.807) is 18.3 Å². The van der Waals surface area contributed by atoms with E-state index < -0.39 is 0 Å². The van der Waals surface area contributed by atoms with Crippen LogP contribution in [0.3, 0.4) is 0 Å². The summed E-state index contributed by atoms with van der Waals surface area (Å²) in [4.78, 5) is 26.0. The summed E-state index contributed by atoms with van der Waals surface area (Å²) in [6.07, 6.45) is 1.57. The quantitative estimate of drug-likeness (QED) is 0.790. The molecule has 1 fully saturated rings. The molecule has 0 aliphatic carbocycles. The van der Waals surface area contributed by atoms with Crippen molar-refractivity contribution in [1.82, 2.24) is 14.9 Å². The summed E-state index contributed by atoms with van der Waals surface area (Å²) in [5, 5.41) is 0. The van der Waals surface area contributed by atoms with Crippen LogP contribution >= 0.6 is 15.9 Å². The molecule has 1 saturated heterocycles. The van der Waals surface area contributed by atoms with Crippen molar-refractivity contribution in [3.63, 3.8) is 0 Å². The molecule has 7 heteroatoms. The van der Waals surface area contributed by atoms with Gasteiger partial charge in [-0.3, -0.25) is 9.69 Å². The van der Waals surface area contributed by atoms with Crippen LogP contribution in [0.2, 0.25) is 0 Å². The van der Waals surface area contributed by atoms with Crippen LogP contribution in [0.1, 0.15) is 29.9 Å². The maximum absolute atomic E-state index is 12.8. The minimum Gasteiger partial charge on any atom is -0.383 e. The number of hydrogen-bond acceptors (Lipinski definition) is 6. The first kappa shape index (κ1) is 17.8. The summed E-state index contributed by atoms with van der Waals surface area (Å²) < 4.78 is 0.714. The number of piperazine rings is 1. The molecule has 0 saturated carbocycles. The van der Waals surface area contributed by atoms with Gasteiger partial charge in [0.05, 0.1) is 5.56 Å². The van der Waals surface area contributed by atoms with Crippen molar-refractivity contribution < 1.29 is 4.79 Å². The Morgan fingerprint density at radius 2 is 1.96 bits per heavy atom. The fraction of sp³-hybridized carbons (Fsp3) is 0.389. The molecule has 2 N–H and O–H groups in total. The average molecular weight is 404 g/mol. The Kier molecular flexibility index (Phi) is 5.34.